The van der Waals surface area contributed by atoms with Crippen LogP contribution in [0.1, 0.15) is 0 Å². The van der Waals surface area contributed by atoms with Crippen LogP contribution in [0.15, 0.2) is 0 Å². The molecule has 0 aromatic carbocycles. The molecule has 0 aliphatic heterocycles. The second-order valence-corrected chi connectivity index (χ2v) is 4.91. The van der Waals surface area contributed by atoms with E-state index in [4.69, 9.17) is 0 Å². The zero-order valence-electron chi connectivity index (χ0n) is 8.70. The zero-order chi connectivity index (χ0) is 11.2. The molecule has 84 valence electrons. The molecule has 1 amide bonds. The summed E-state index contributed by atoms with van der Waals surface area (Å²) in [7, 11) is 0.179. The van der Waals surface area contributed by atoms with Gasteiger partial charge in [0.25, 0.3) is 0 Å². The van der Waals surface area contributed by atoms with E-state index >= 15 is 0 Å². The van der Waals surface area contributed by atoms with Crippen LogP contribution in [-0.2, 0) is 14.8 Å². The first-order chi connectivity index (χ1) is 6.35. The Balaban J connectivity index is 3.65. The molecule has 0 radical (unpaired) electrons. The SMILES string of the molecule is CNC(=O)CN(C)CCNS(C)(=O)=O. The smallest absolute Gasteiger partial charge is 0.233 e. The van der Waals surface area contributed by atoms with E-state index in [1.807, 2.05) is 0 Å². The standard InChI is InChI=1S/C7H17N3O3S/c1-8-7(11)6-10(2)5-4-9-14(3,12)13/h9H,4-6H2,1-3H3,(H,8,11). The molecule has 0 saturated heterocycles. The van der Waals surface area contributed by atoms with Gasteiger partial charge in [0.05, 0.1) is 12.8 Å². The summed E-state index contributed by atoms with van der Waals surface area (Å²) in [5.74, 6) is -0.0909. The lowest BCUT2D eigenvalue weighted by Gasteiger charge is -2.14. The van der Waals surface area contributed by atoms with Gasteiger partial charge < -0.3 is 5.32 Å². The van der Waals surface area contributed by atoms with Crippen molar-refractivity contribution >= 4 is 15.9 Å². The molecule has 0 rings (SSSR count). The van der Waals surface area contributed by atoms with Crippen molar-refractivity contribution in [3.63, 3.8) is 0 Å². The third-order valence-corrected chi connectivity index (χ3v) is 2.28. The number of nitrogens with zero attached hydrogens (tertiary/aromatic N) is 1. The van der Waals surface area contributed by atoms with Crippen LogP contribution in [0.4, 0.5) is 0 Å². The second kappa shape index (κ2) is 5.94. The van der Waals surface area contributed by atoms with Gasteiger partial charge in [-0.15, -0.1) is 0 Å². The van der Waals surface area contributed by atoms with E-state index in [0.717, 1.165) is 6.26 Å². The molecule has 0 unspecified atom stereocenters. The van der Waals surface area contributed by atoms with E-state index < -0.39 is 10.0 Å². The number of carbonyl (C=O) groups is 1. The highest BCUT2D eigenvalue weighted by molar-refractivity contribution is 7.88. The molecule has 0 aliphatic rings. The van der Waals surface area contributed by atoms with Gasteiger partial charge in [-0.25, -0.2) is 13.1 Å². The van der Waals surface area contributed by atoms with Crippen LogP contribution >= 0.6 is 0 Å². The summed E-state index contributed by atoms with van der Waals surface area (Å²) in [6.45, 7) is 1.08. The summed E-state index contributed by atoms with van der Waals surface area (Å²) in [5.41, 5.74) is 0. The Hall–Kier alpha value is -0.660. The van der Waals surface area contributed by atoms with Crippen molar-refractivity contribution in [2.75, 3.05) is 40.0 Å². The molecule has 7 heteroatoms. The van der Waals surface area contributed by atoms with Crippen LogP contribution < -0.4 is 10.0 Å². The Morgan fingerprint density at radius 2 is 2.00 bits per heavy atom. The lowest BCUT2D eigenvalue weighted by molar-refractivity contribution is -0.121. The van der Waals surface area contributed by atoms with Crippen molar-refractivity contribution in [2.45, 2.75) is 0 Å². The molecule has 0 saturated carbocycles. The first kappa shape index (κ1) is 13.3. The Morgan fingerprint density at radius 1 is 1.43 bits per heavy atom. The maximum Gasteiger partial charge on any atom is 0.233 e. The summed E-state index contributed by atoms with van der Waals surface area (Å²) in [4.78, 5) is 12.6. The average Bonchev–Trinajstić information content (AvgIpc) is 2.01. The number of likely N-dealkylation sites (N-methyl/N-ethyl adjacent to an activating group) is 2. The van der Waals surface area contributed by atoms with E-state index in [1.54, 1.807) is 19.0 Å². The topological polar surface area (TPSA) is 78.5 Å². The predicted molar refractivity (Wildman–Crippen MR) is 54.4 cm³/mol. The number of hydrogen-bond donors (Lipinski definition) is 2. The van der Waals surface area contributed by atoms with Gasteiger partial charge in [-0.2, -0.15) is 0 Å². The lowest BCUT2D eigenvalue weighted by atomic mass is 10.5. The Labute approximate surface area is 84.7 Å². The van der Waals surface area contributed by atoms with Gasteiger partial charge in [-0.1, -0.05) is 0 Å². The first-order valence-electron chi connectivity index (χ1n) is 4.19. The molecule has 0 spiro atoms. The van der Waals surface area contributed by atoms with Crippen LogP contribution in [0, 0.1) is 0 Å². The third kappa shape index (κ3) is 7.96. The quantitative estimate of drug-likeness (QED) is 0.557. The van der Waals surface area contributed by atoms with Crippen molar-refractivity contribution in [1.82, 2.24) is 14.9 Å². The zero-order valence-corrected chi connectivity index (χ0v) is 9.52. The summed E-state index contributed by atoms with van der Waals surface area (Å²) < 4.78 is 23.7. The van der Waals surface area contributed by atoms with Gasteiger partial charge in [-0.05, 0) is 7.05 Å². The van der Waals surface area contributed by atoms with Gasteiger partial charge in [0.1, 0.15) is 0 Å². The molecule has 0 bridgehead atoms. The molecule has 14 heavy (non-hydrogen) atoms. The fraction of sp³-hybridized carbons (Fsp3) is 0.857. The van der Waals surface area contributed by atoms with E-state index in [1.165, 1.54) is 0 Å². The highest BCUT2D eigenvalue weighted by atomic mass is 32.2. The van der Waals surface area contributed by atoms with Crippen LogP contribution in [0.3, 0.4) is 0 Å². The summed E-state index contributed by atoms with van der Waals surface area (Å²) in [6.07, 6.45) is 1.10. The summed E-state index contributed by atoms with van der Waals surface area (Å²) in [6, 6.07) is 0. The normalized spacial score (nSPS) is 11.7. The van der Waals surface area contributed by atoms with Crippen molar-refractivity contribution in [3.8, 4) is 0 Å². The largest absolute Gasteiger partial charge is 0.358 e. The highest BCUT2D eigenvalue weighted by Gasteiger charge is 2.05. The maximum atomic E-state index is 10.9. The van der Waals surface area contributed by atoms with Crippen molar-refractivity contribution in [1.29, 1.82) is 0 Å². The van der Waals surface area contributed by atoms with Gasteiger partial charge >= 0.3 is 0 Å². The van der Waals surface area contributed by atoms with E-state index in [-0.39, 0.29) is 12.5 Å². The van der Waals surface area contributed by atoms with Crippen molar-refractivity contribution < 1.29 is 13.2 Å². The van der Waals surface area contributed by atoms with Crippen LogP contribution in [0.2, 0.25) is 0 Å². The number of sulfonamides is 1. The van der Waals surface area contributed by atoms with Gasteiger partial charge in [0.2, 0.25) is 15.9 Å². The maximum absolute atomic E-state index is 10.9. The summed E-state index contributed by atoms with van der Waals surface area (Å²) >= 11 is 0. The Bertz CT molecular complexity index is 276. The number of hydrogen-bond acceptors (Lipinski definition) is 4. The first-order valence-corrected chi connectivity index (χ1v) is 6.08. The summed E-state index contributed by atoms with van der Waals surface area (Å²) in [5, 5.41) is 2.48. The van der Waals surface area contributed by atoms with E-state index in [0.29, 0.717) is 13.1 Å². The molecular formula is C7H17N3O3S. The van der Waals surface area contributed by atoms with Crippen molar-refractivity contribution in [3.05, 3.63) is 0 Å². The fourth-order valence-electron chi connectivity index (χ4n) is 0.825. The predicted octanol–water partition coefficient (Wildman–Crippen LogP) is -1.79. The van der Waals surface area contributed by atoms with Gasteiger partial charge in [0, 0.05) is 20.1 Å². The van der Waals surface area contributed by atoms with Crippen LogP contribution in [0.25, 0.3) is 0 Å². The molecule has 0 aliphatic carbocycles. The lowest BCUT2D eigenvalue weighted by Crippen LogP contribution is -2.37. The van der Waals surface area contributed by atoms with E-state index in [9.17, 15) is 13.2 Å². The van der Waals surface area contributed by atoms with Crippen LogP contribution in [0.5, 0.6) is 0 Å². The second-order valence-electron chi connectivity index (χ2n) is 3.08. The number of amides is 1. The molecular weight excluding hydrogens is 206 g/mol. The molecule has 0 atom stereocenters. The van der Waals surface area contributed by atoms with Gasteiger partial charge in [0.15, 0.2) is 0 Å². The number of rotatable bonds is 6. The van der Waals surface area contributed by atoms with Crippen LogP contribution in [-0.4, -0.2) is 59.2 Å². The Kier molecular flexibility index (Phi) is 5.66. The number of carbonyl (C=O) groups excluding carboxylic acids is 1. The molecule has 0 heterocycles. The molecule has 6 nitrogen and oxygen atoms in total. The highest BCUT2D eigenvalue weighted by Crippen LogP contribution is 1.81. The number of nitrogens with one attached hydrogen (secondary N) is 2. The van der Waals surface area contributed by atoms with E-state index in [2.05, 4.69) is 10.0 Å². The molecule has 0 aromatic heterocycles. The monoisotopic (exact) mass is 223 g/mol. The molecule has 0 fully saturated rings. The minimum absolute atomic E-state index is 0.0909. The molecule has 2 N–H and O–H groups in total. The minimum atomic E-state index is -3.13. The molecule has 0 aromatic rings. The minimum Gasteiger partial charge on any atom is -0.358 e. The fourth-order valence-corrected chi connectivity index (χ4v) is 1.29. The Morgan fingerprint density at radius 3 is 2.43 bits per heavy atom. The van der Waals surface area contributed by atoms with Gasteiger partial charge in [-0.3, -0.25) is 9.69 Å². The van der Waals surface area contributed by atoms with Crippen molar-refractivity contribution in [2.24, 2.45) is 0 Å². The third-order valence-electron chi connectivity index (χ3n) is 1.55. The average molecular weight is 223 g/mol.